The first-order chi connectivity index (χ1) is 15.6. The van der Waals surface area contributed by atoms with E-state index in [-0.39, 0.29) is 5.56 Å². The van der Waals surface area contributed by atoms with E-state index in [1.165, 1.54) is 22.6 Å². The van der Waals surface area contributed by atoms with E-state index in [9.17, 15) is 4.79 Å². The Morgan fingerprint density at radius 3 is 2.66 bits per heavy atom. The molecule has 162 valence electrons. The third-order valence-electron chi connectivity index (χ3n) is 6.06. The Hall–Kier alpha value is -3.45. The average molecular weight is 448 g/mol. The van der Waals surface area contributed by atoms with E-state index in [1.54, 1.807) is 6.20 Å². The van der Waals surface area contributed by atoms with E-state index in [2.05, 4.69) is 32.5 Å². The Bertz CT molecular complexity index is 1280. The Kier molecular flexibility index (Phi) is 5.49. The highest BCUT2D eigenvalue weighted by Crippen LogP contribution is 2.35. The smallest absolute Gasteiger partial charge is 0.338 e. The predicted octanol–water partition coefficient (Wildman–Crippen LogP) is 5.31. The average Bonchev–Trinajstić information content (AvgIpc) is 3.31. The van der Waals surface area contributed by atoms with Crippen molar-refractivity contribution in [3.63, 3.8) is 0 Å². The van der Waals surface area contributed by atoms with Gasteiger partial charge in [-0.05, 0) is 61.4 Å². The van der Waals surface area contributed by atoms with Crippen LogP contribution in [-0.2, 0) is 0 Å². The summed E-state index contributed by atoms with van der Waals surface area (Å²) >= 11 is 6.28. The van der Waals surface area contributed by atoms with Gasteiger partial charge in [-0.25, -0.2) is 19.4 Å². The van der Waals surface area contributed by atoms with Crippen molar-refractivity contribution < 1.29 is 9.90 Å². The molecule has 32 heavy (non-hydrogen) atoms. The van der Waals surface area contributed by atoms with E-state index >= 15 is 0 Å². The maximum absolute atomic E-state index is 11.1. The molecule has 5 rings (SSSR count). The monoisotopic (exact) mass is 447 g/mol. The number of nitrogens with one attached hydrogen (secondary N) is 1. The van der Waals surface area contributed by atoms with E-state index in [4.69, 9.17) is 16.7 Å². The minimum Gasteiger partial charge on any atom is -0.478 e. The molecule has 0 aliphatic heterocycles. The highest BCUT2D eigenvalue weighted by molar-refractivity contribution is 6.33. The molecule has 1 aliphatic rings. The number of carbonyl (C=O) groups is 1. The second-order valence-electron chi connectivity index (χ2n) is 8.14. The number of hydrogen-bond acceptors (Lipinski definition) is 5. The molecule has 4 aromatic rings. The summed E-state index contributed by atoms with van der Waals surface area (Å²) in [6, 6.07) is 14.6. The maximum atomic E-state index is 11.1. The van der Waals surface area contributed by atoms with Crippen LogP contribution in [0.25, 0.3) is 16.9 Å². The molecule has 2 aromatic carbocycles. The van der Waals surface area contributed by atoms with Crippen molar-refractivity contribution in [3.05, 3.63) is 77.2 Å². The van der Waals surface area contributed by atoms with E-state index in [0.29, 0.717) is 17.9 Å². The van der Waals surface area contributed by atoms with Crippen molar-refractivity contribution in [1.82, 2.24) is 19.7 Å². The molecule has 0 bridgehead atoms. The van der Waals surface area contributed by atoms with Crippen LogP contribution in [0.2, 0.25) is 5.02 Å². The van der Waals surface area contributed by atoms with Gasteiger partial charge in [-0.1, -0.05) is 29.8 Å². The number of carboxylic acid groups (broad SMARTS) is 1. The zero-order chi connectivity index (χ0) is 22.1. The first-order valence-corrected chi connectivity index (χ1v) is 11.0. The summed E-state index contributed by atoms with van der Waals surface area (Å²) in [7, 11) is 0. The zero-order valence-corrected chi connectivity index (χ0v) is 18.0. The summed E-state index contributed by atoms with van der Waals surface area (Å²) in [4.78, 5) is 20.0. The van der Waals surface area contributed by atoms with E-state index in [1.807, 2.05) is 30.3 Å². The number of anilines is 1. The van der Waals surface area contributed by atoms with Gasteiger partial charge in [0.2, 0.25) is 0 Å². The SMILES string of the molecule is O=C(O)c1cnn(-c2ncc3cc(C4CCC(Nc5ccccc5Cl)CC4)ccc3n2)c1. The molecule has 2 aromatic heterocycles. The standard InChI is InChI=1S/C24H22ClN5O2/c25-20-3-1-2-4-22(20)28-19-8-5-15(6-9-19)16-7-10-21-17(11-16)12-26-24(29-21)30-14-18(13-27-30)23(31)32/h1-4,7,10-15,19,28H,5-6,8-9H2,(H,31,32). The van der Waals surface area contributed by atoms with Crippen molar-refractivity contribution in [1.29, 1.82) is 0 Å². The zero-order valence-electron chi connectivity index (χ0n) is 17.3. The van der Waals surface area contributed by atoms with Crippen LogP contribution in [0.5, 0.6) is 0 Å². The molecule has 0 atom stereocenters. The molecule has 7 nitrogen and oxygen atoms in total. The fourth-order valence-electron chi connectivity index (χ4n) is 4.32. The summed E-state index contributed by atoms with van der Waals surface area (Å²) < 4.78 is 1.38. The van der Waals surface area contributed by atoms with Gasteiger partial charge in [0.1, 0.15) is 0 Å². The lowest BCUT2D eigenvalue weighted by molar-refractivity contribution is 0.0697. The minimum atomic E-state index is -1.03. The molecule has 2 N–H and O–H groups in total. The fraction of sp³-hybridized carbons (Fsp3) is 0.250. The van der Waals surface area contributed by atoms with Crippen LogP contribution in [0.4, 0.5) is 5.69 Å². The summed E-state index contributed by atoms with van der Waals surface area (Å²) in [6.07, 6.45) is 8.87. The highest BCUT2D eigenvalue weighted by Gasteiger charge is 2.23. The summed E-state index contributed by atoms with van der Waals surface area (Å²) in [5, 5.41) is 18.4. The number of carboxylic acids is 1. The van der Waals surface area contributed by atoms with Gasteiger partial charge >= 0.3 is 5.97 Å². The Morgan fingerprint density at radius 2 is 1.91 bits per heavy atom. The molecule has 0 saturated heterocycles. The van der Waals surface area contributed by atoms with Gasteiger partial charge in [-0.15, -0.1) is 0 Å². The van der Waals surface area contributed by atoms with Gasteiger partial charge < -0.3 is 10.4 Å². The number of nitrogens with zero attached hydrogens (tertiary/aromatic N) is 4. The quantitative estimate of drug-likeness (QED) is 0.431. The van der Waals surface area contributed by atoms with Gasteiger partial charge in [0.15, 0.2) is 0 Å². The molecule has 1 aliphatic carbocycles. The minimum absolute atomic E-state index is 0.101. The third kappa shape index (κ3) is 4.16. The van der Waals surface area contributed by atoms with Gasteiger partial charge in [-0.2, -0.15) is 5.10 Å². The number of hydrogen-bond donors (Lipinski definition) is 2. The second-order valence-corrected chi connectivity index (χ2v) is 8.55. The van der Waals surface area contributed by atoms with Gasteiger partial charge in [-0.3, -0.25) is 0 Å². The molecule has 8 heteroatoms. The van der Waals surface area contributed by atoms with E-state index < -0.39 is 5.97 Å². The van der Waals surface area contributed by atoms with Crippen molar-refractivity contribution in [3.8, 4) is 5.95 Å². The number of aromatic nitrogens is 4. The third-order valence-corrected chi connectivity index (χ3v) is 6.39. The Morgan fingerprint density at radius 1 is 1.09 bits per heavy atom. The molecule has 1 fully saturated rings. The van der Waals surface area contributed by atoms with Crippen molar-refractivity contribution >= 4 is 34.2 Å². The summed E-state index contributed by atoms with van der Waals surface area (Å²) in [5.74, 6) is -0.171. The predicted molar refractivity (Wildman–Crippen MR) is 124 cm³/mol. The van der Waals surface area contributed by atoms with Gasteiger partial charge in [0.05, 0.1) is 28.0 Å². The molecule has 1 saturated carbocycles. The number of fused-ring (bicyclic) bond motifs is 1. The highest BCUT2D eigenvalue weighted by atomic mass is 35.5. The maximum Gasteiger partial charge on any atom is 0.338 e. The Balaban J connectivity index is 1.28. The number of halogens is 1. The number of para-hydroxylation sites is 1. The first kappa shape index (κ1) is 20.5. The van der Waals surface area contributed by atoms with Gasteiger partial charge in [0, 0.05) is 23.8 Å². The number of aromatic carboxylic acids is 1. The van der Waals surface area contributed by atoms with E-state index in [0.717, 1.165) is 47.3 Å². The molecule has 0 amide bonds. The number of benzene rings is 2. The summed E-state index contributed by atoms with van der Waals surface area (Å²) in [6.45, 7) is 0. The largest absolute Gasteiger partial charge is 0.478 e. The fourth-order valence-corrected chi connectivity index (χ4v) is 4.51. The van der Waals surface area contributed by atoms with Crippen molar-refractivity contribution in [2.24, 2.45) is 0 Å². The lowest BCUT2D eigenvalue weighted by atomic mass is 9.81. The van der Waals surface area contributed by atoms with Crippen LogP contribution in [0.1, 0.15) is 47.5 Å². The van der Waals surface area contributed by atoms with Crippen molar-refractivity contribution in [2.45, 2.75) is 37.6 Å². The lowest BCUT2D eigenvalue weighted by Gasteiger charge is -2.30. The molecular formula is C24H22ClN5O2. The molecule has 2 heterocycles. The topological polar surface area (TPSA) is 92.9 Å². The number of rotatable bonds is 5. The normalized spacial score (nSPS) is 18.5. The lowest BCUT2D eigenvalue weighted by Crippen LogP contribution is -2.25. The van der Waals surface area contributed by atoms with Gasteiger partial charge in [0.25, 0.3) is 5.95 Å². The van der Waals surface area contributed by atoms with Crippen LogP contribution in [-0.4, -0.2) is 36.9 Å². The first-order valence-electron chi connectivity index (χ1n) is 10.6. The van der Waals surface area contributed by atoms with Crippen LogP contribution in [0, 0.1) is 0 Å². The van der Waals surface area contributed by atoms with Crippen LogP contribution < -0.4 is 5.32 Å². The summed E-state index contributed by atoms with van der Waals surface area (Å²) in [5.41, 5.74) is 3.21. The van der Waals surface area contributed by atoms with Crippen LogP contribution in [0.3, 0.4) is 0 Å². The molecular weight excluding hydrogens is 426 g/mol. The van der Waals surface area contributed by atoms with Crippen LogP contribution >= 0.6 is 11.6 Å². The molecule has 0 spiro atoms. The molecule has 0 unspecified atom stereocenters. The second kappa shape index (κ2) is 8.59. The van der Waals surface area contributed by atoms with Crippen LogP contribution in [0.15, 0.2) is 61.1 Å². The van der Waals surface area contributed by atoms with Crippen molar-refractivity contribution in [2.75, 3.05) is 5.32 Å². The Labute approximate surface area is 190 Å². The molecule has 0 radical (unpaired) electrons.